The number of piperidine rings is 1. The summed E-state index contributed by atoms with van der Waals surface area (Å²) in [6.45, 7) is 3.70. The van der Waals surface area contributed by atoms with Crippen molar-refractivity contribution in [1.29, 1.82) is 0 Å². The lowest BCUT2D eigenvalue weighted by molar-refractivity contribution is 0.0724. The largest absolute Gasteiger partial charge is 0.339 e. The molecule has 25 heavy (non-hydrogen) atoms. The van der Waals surface area contributed by atoms with Gasteiger partial charge >= 0.3 is 0 Å². The van der Waals surface area contributed by atoms with Crippen LogP contribution < -0.4 is 5.32 Å². The maximum Gasteiger partial charge on any atom is 0.255 e. The van der Waals surface area contributed by atoms with E-state index in [1.807, 2.05) is 29.2 Å². The highest BCUT2D eigenvalue weighted by Gasteiger charge is 2.19. The minimum absolute atomic E-state index is 0.0154. The fourth-order valence-corrected chi connectivity index (χ4v) is 3.10. The van der Waals surface area contributed by atoms with Gasteiger partial charge in [0.15, 0.2) is 0 Å². The third-order valence-electron chi connectivity index (χ3n) is 4.64. The van der Waals surface area contributed by atoms with E-state index in [-0.39, 0.29) is 11.8 Å². The van der Waals surface area contributed by atoms with E-state index >= 15 is 0 Å². The van der Waals surface area contributed by atoms with Gasteiger partial charge < -0.3 is 10.2 Å². The Hall–Kier alpha value is -2.62. The van der Waals surface area contributed by atoms with Crippen molar-refractivity contribution in [3.63, 3.8) is 0 Å². The number of aryl methyl sites for hydroxylation is 1. The van der Waals surface area contributed by atoms with Crippen molar-refractivity contribution in [2.45, 2.75) is 32.6 Å². The van der Waals surface area contributed by atoms with Gasteiger partial charge in [-0.3, -0.25) is 9.59 Å². The third kappa shape index (κ3) is 4.27. The van der Waals surface area contributed by atoms with Crippen LogP contribution in [0.5, 0.6) is 0 Å². The second-order valence-electron chi connectivity index (χ2n) is 6.44. The lowest BCUT2D eigenvalue weighted by atomic mass is 10.1. The zero-order valence-corrected chi connectivity index (χ0v) is 14.6. The first-order valence-corrected chi connectivity index (χ1v) is 8.97. The van der Waals surface area contributed by atoms with Gasteiger partial charge in [-0.05, 0) is 61.6 Å². The molecule has 0 spiro atoms. The van der Waals surface area contributed by atoms with E-state index in [2.05, 4.69) is 12.2 Å². The number of hydrogen-bond donors (Lipinski definition) is 1. The molecule has 2 aromatic rings. The van der Waals surface area contributed by atoms with Crippen molar-refractivity contribution in [3.8, 4) is 0 Å². The van der Waals surface area contributed by atoms with Crippen LogP contribution >= 0.6 is 0 Å². The van der Waals surface area contributed by atoms with Gasteiger partial charge in [0.25, 0.3) is 11.8 Å². The summed E-state index contributed by atoms with van der Waals surface area (Å²) in [5.74, 6) is -0.181. The van der Waals surface area contributed by atoms with Crippen molar-refractivity contribution in [3.05, 3.63) is 65.2 Å². The van der Waals surface area contributed by atoms with E-state index in [9.17, 15) is 9.59 Å². The number of benzene rings is 2. The molecule has 4 nitrogen and oxygen atoms in total. The summed E-state index contributed by atoms with van der Waals surface area (Å²) in [5.41, 5.74) is 3.07. The number of amides is 2. The van der Waals surface area contributed by atoms with Crippen LogP contribution in [-0.2, 0) is 6.42 Å². The summed E-state index contributed by atoms with van der Waals surface area (Å²) < 4.78 is 0. The molecule has 2 aromatic carbocycles. The summed E-state index contributed by atoms with van der Waals surface area (Å²) in [4.78, 5) is 27.0. The molecule has 0 radical (unpaired) electrons. The number of hydrogen-bond acceptors (Lipinski definition) is 2. The minimum atomic E-state index is -0.197. The monoisotopic (exact) mass is 336 g/mol. The zero-order valence-electron chi connectivity index (χ0n) is 14.6. The van der Waals surface area contributed by atoms with Gasteiger partial charge in [-0.15, -0.1) is 0 Å². The highest BCUT2D eigenvalue weighted by molar-refractivity contribution is 6.06. The molecule has 2 amide bonds. The predicted octanol–water partition coefficient (Wildman–Crippen LogP) is 4.13. The molecule has 1 aliphatic rings. The molecule has 3 rings (SSSR count). The fourth-order valence-electron chi connectivity index (χ4n) is 3.10. The molecule has 0 atom stereocenters. The van der Waals surface area contributed by atoms with Crippen LogP contribution in [0.25, 0.3) is 0 Å². The Labute approximate surface area is 148 Å². The van der Waals surface area contributed by atoms with E-state index in [1.165, 1.54) is 12.0 Å². The number of anilines is 1. The first-order chi connectivity index (χ1) is 12.2. The van der Waals surface area contributed by atoms with Gasteiger partial charge in [0.1, 0.15) is 0 Å². The van der Waals surface area contributed by atoms with Crippen molar-refractivity contribution in [2.24, 2.45) is 0 Å². The number of carbonyl (C=O) groups is 2. The van der Waals surface area contributed by atoms with Crippen LogP contribution in [-0.4, -0.2) is 29.8 Å². The molecule has 1 saturated heterocycles. The second kappa shape index (κ2) is 7.97. The van der Waals surface area contributed by atoms with Crippen molar-refractivity contribution >= 4 is 17.5 Å². The molecule has 4 heteroatoms. The smallest absolute Gasteiger partial charge is 0.255 e. The van der Waals surface area contributed by atoms with Crippen molar-refractivity contribution < 1.29 is 9.59 Å². The number of carbonyl (C=O) groups excluding carboxylic acids is 2. The van der Waals surface area contributed by atoms with Crippen LogP contribution in [0.4, 0.5) is 5.69 Å². The lowest BCUT2D eigenvalue weighted by Gasteiger charge is -2.26. The molecule has 0 saturated carbocycles. The number of nitrogens with one attached hydrogen (secondary N) is 1. The maximum absolute atomic E-state index is 12.6. The van der Waals surface area contributed by atoms with E-state index in [0.29, 0.717) is 11.1 Å². The van der Waals surface area contributed by atoms with Crippen LogP contribution in [0, 0.1) is 0 Å². The zero-order chi connectivity index (χ0) is 17.6. The van der Waals surface area contributed by atoms with Gasteiger partial charge in [0.05, 0.1) is 0 Å². The molecule has 1 fully saturated rings. The molecular formula is C21H24N2O2. The van der Waals surface area contributed by atoms with E-state index < -0.39 is 0 Å². The van der Waals surface area contributed by atoms with Gasteiger partial charge in [-0.25, -0.2) is 0 Å². The van der Waals surface area contributed by atoms with Crippen LogP contribution in [0.3, 0.4) is 0 Å². The first kappa shape index (κ1) is 17.2. The number of likely N-dealkylation sites (tertiary alicyclic amines) is 1. The summed E-state index contributed by atoms with van der Waals surface area (Å²) in [5, 5.41) is 2.89. The first-order valence-electron chi connectivity index (χ1n) is 8.97. The highest BCUT2D eigenvalue weighted by atomic mass is 16.2. The Morgan fingerprint density at radius 1 is 0.960 bits per heavy atom. The summed E-state index contributed by atoms with van der Waals surface area (Å²) in [6.07, 6.45) is 4.26. The normalized spacial score (nSPS) is 14.2. The van der Waals surface area contributed by atoms with Gasteiger partial charge in [0, 0.05) is 29.9 Å². The highest BCUT2D eigenvalue weighted by Crippen LogP contribution is 2.16. The average Bonchev–Trinajstić information content (AvgIpc) is 2.68. The van der Waals surface area contributed by atoms with Crippen LogP contribution in [0.15, 0.2) is 48.5 Å². The second-order valence-corrected chi connectivity index (χ2v) is 6.44. The Morgan fingerprint density at radius 2 is 1.64 bits per heavy atom. The molecular weight excluding hydrogens is 312 g/mol. The van der Waals surface area contributed by atoms with E-state index in [1.54, 1.807) is 24.3 Å². The summed E-state index contributed by atoms with van der Waals surface area (Å²) >= 11 is 0. The topological polar surface area (TPSA) is 49.4 Å². The third-order valence-corrected chi connectivity index (χ3v) is 4.64. The van der Waals surface area contributed by atoms with E-state index in [0.717, 1.165) is 38.0 Å². The number of rotatable bonds is 4. The fraction of sp³-hybridized carbons (Fsp3) is 0.333. The molecule has 1 heterocycles. The summed E-state index contributed by atoms with van der Waals surface area (Å²) in [7, 11) is 0. The van der Waals surface area contributed by atoms with Crippen molar-refractivity contribution in [1.82, 2.24) is 4.90 Å². The van der Waals surface area contributed by atoms with Gasteiger partial charge in [-0.1, -0.05) is 25.1 Å². The Balaban J connectivity index is 1.71. The Bertz CT molecular complexity index is 747. The predicted molar refractivity (Wildman–Crippen MR) is 100.0 cm³/mol. The number of nitrogens with zero attached hydrogens (tertiary/aromatic N) is 1. The maximum atomic E-state index is 12.6. The van der Waals surface area contributed by atoms with E-state index in [4.69, 9.17) is 0 Å². The summed E-state index contributed by atoms with van der Waals surface area (Å²) in [6, 6.07) is 14.8. The molecule has 0 unspecified atom stereocenters. The lowest BCUT2D eigenvalue weighted by Crippen LogP contribution is -2.35. The van der Waals surface area contributed by atoms with Gasteiger partial charge in [0.2, 0.25) is 0 Å². The van der Waals surface area contributed by atoms with Crippen LogP contribution in [0.2, 0.25) is 0 Å². The molecule has 0 bridgehead atoms. The minimum Gasteiger partial charge on any atom is -0.339 e. The Morgan fingerprint density at radius 3 is 2.32 bits per heavy atom. The Kier molecular flexibility index (Phi) is 5.49. The molecule has 1 aliphatic heterocycles. The molecule has 130 valence electrons. The molecule has 1 N–H and O–H groups in total. The quantitative estimate of drug-likeness (QED) is 0.913. The standard InChI is InChI=1S/C21H24N2O2/c1-2-16-9-11-19(12-10-16)22-20(24)17-7-6-8-18(15-17)21(25)23-13-4-3-5-14-23/h6-12,15H,2-5,13-14H2,1H3,(H,22,24). The van der Waals surface area contributed by atoms with Crippen molar-refractivity contribution in [2.75, 3.05) is 18.4 Å². The molecule has 0 aliphatic carbocycles. The SMILES string of the molecule is CCc1ccc(NC(=O)c2cccc(C(=O)N3CCCCC3)c2)cc1. The van der Waals surface area contributed by atoms with Crippen LogP contribution in [0.1, 0.15) is 52.5 Å². The van der Waals surface area contributed by atoms with Gasteiger partial charge in [-0.2, -0.15) is 0 Å². The molecule has 0 aromatic heterocycles. The average molecular weight is 336 g/mol.